The molecular weight excluding hydrogens is 494 g/mol. The number of aromatic nitrogens is 5. The average Bonchev–Trinajstić information content (AvgIpc) is 3.24. The first kappa shape index (κ1) is 26.6. The molecule has 0 saturated carbocycles. The topological polar surface area (TPSA) is 115 Å². The van der Waals surface area contributed by atoms with Gasteiger partial charge in [0.1, 0.15) is 18.9 Å². The number of nitrogens with zero attached hydrogens (tertiary/aromatic N) is 6. The summed E-state index contributed by atoms with van der Waals surface area (Å²) < 4.78 is 34.5. The summed E-state index contributed by atoms with van der Waals surface area (Å²) >= 11 is 0. The smallest absolute Gasteiger partial charge is 0.214 e. The molecule has 1 atom stereocenters. The number of hydrogen-bond donors (Lipinski definition) is 1. The maximum Gasteiger partial charge on any atom is 0.214 e. The summed E-state index contributed by atoms with van der Waals surface area (Å²) in [7, 11) is -4.37. The highest BCUT2D eigenvalue weighted by molar-refractivity contribution is 7.89. The van der Waals surface area contributed by atoms with Crippen LogP contribution in [-0.2, 0) is 21.5 Å². The Balaban J connectivity index is 1.48. The zero-order valence-electron chi connectivity index (χ0n) is 21.6. The molecule has 4 heterocycles. The first-order chi connectivity index (χ1) is 17.2. The molecule has 0 radical (unpaired) electrons. The summed E-state index contributed by atoms with van der Waals surface area (Å²) in [5.74, 6) is 0.847. The second-order valence-corrected chi connectivity index (χ2v) is 18.2. The van der Waals surface area contributed by atoms with Gasteiger partial charge in [0.2, 0.25) is 10.0 Å². The van der Waals surface area contributed by atoms with Crippen molar-refractivity contribution in [1.82, 2.24) is 28.8 Å². The van der Waals surface area contributed by atoms with Crippen LogP contribution in [-0.4, -0.2) is 76.8 Å². The van der Waals surface area contributed by atoms with Crippen LogP contribution in [0.1, 0.15) is 26.2 Å². The van der Waals surface area contributed by atoms with Gasteiger partial charge in [0, 0.05) is 45.6 Å². The average molecular weight is 532 g/mol. The lowest BCUT2D eigenvalue weighted by molar-refractivity contribution is 0.0895. The molecule has 3 aromatic rings. The fourth-order valence-electron chi connectivity index (χ4n) is 4.23. The van der Waals surface area contributed by atoms with Crippen molar-refractivity contribution >= 4 is 35.2 Å². The molecule has 0 spiro atoms. The molecule has 0 aliphatic carbocycles. The van der Waals surface area contributed by atoms with Crippen LogP contribution in [0.5, 0.6) is 0 Å². The normalized spacial score (nSPS) is 17.5. The molecule has 1 aliphatic heterocycles. The van der Waals surface area contributed by atoms with Gasteiger partial charge < -0.3 is 10.1 Å². The van der Waals surface area contributed by atoms with Gasteiger partial charge in [-0.3, -0.25) is 4.57 Å². The van der Waals surface area contributed by atoms with Crippen molar-refractivity contribution in [3.63, 3.8) is 0 Å². The zero-order chi connectivity index (χ0) is 25.8. The Morgan fingerprint density at radius 2 is 2.06 bits per heavy atom. The van der Waals surface area contributed by atoms with Gasteiger partial charge in [0.15, 0.2) is 11.3 Å². The summed E-state index contributed by atoms with van der Waals surface area (Å²) in [4.78, 5) is 18.3. The highest BCUT2D eigenvalue weighted by Gasteiger charge is 2.29. The van der Waals surface area contributed by atoms with Crippen LogP contribution in [0.2, 0.25) is 25.7 Å². The quantitative estimate of drug-likeness (QED) is 0.293. The van der Waals surface area contributed by atoms with E-state index >= 15 is 0 Å². The molecule has 0 bridgehead atoms. The number of anilines is 1. The predicted molar refractivity (Wildman–Crippen MR) is 145 cm³/mol. The number of hydrogen-bond acceptors (Lipinski definition) is 8. The molecule has 0 unspecified atom stereocenters. The second kappa shape index (κ2) is 11.3. The van der Waals surface area contributed by atoms with E-state index in [1.165, 1.54) is 0 Å². The Kier molecular flexibility index (Phi) is 8.38. The van der Waals surface area contributed by atoms with Crippen LogP contribution in [0.15, 0.2) is 30.9 Å². The predicted octanol–water partition coefficient (Wildman–Crippen LogP) is 3.82. The lowest BCUT2D eigenvalue weighted by atomic mass is 10.1. The van der Waals surface area contributed by atoms with Gasteiger partial charge in [-0.05, 0) is 37.4 Å². The molecule has 1 aliphatic rings. The third-order valence-corrected chi connectivity index (χ3v) is 9.96. The highest BCUT2D eigenvalue weighted by Crippen LogP contribution is 2.27. The number of nitrogens with one attached hydrogen (secondary N) is 1. The minimum absolute atomic E-state index is 0.0248. The molecule has 3 aromatic heterocycles. The largest absolute Gasteiger partial charge is 0.365 e. The molecule has 0 amide bonds. The van der Waals surface area contributed by atoms with Crippen molar-refractivity contribution in [2.45, 2.75) is 64.6 Å². The molecule has 196 valence electrons. The molecule has 0 aromatic carbocycles. The number of fused-ring (bicyclic) bond motifs is 1. The fourth-order valence-corrected chi connectivity index (χ4v) is 6.57. The van der Waals surface area contributed by atoms with E-state index in [1.807, 2.05) is 23.6 Å². The summed E-state index contributed by atoms with van der Waals surface area (Å²) in [6.45, 7) is 11.0. The molecule has 1 saturated heterocycles. The zero-order valence-corrected chi connectivity index (χ0v) is 23.5. The molecule has 10 nitrogen and oxygen atoms in total. The number of sulfonamides is 1. The minimum atomic E-state index is -3.23. The summed E-state index contributed by atoms with van der Waals surface area (Å²) in [6.07, 6.45) is 7.46. The van der Waals surface area contributed by atoms with Gasteiger partial charge in [-0.2, -0.15) is 4.31 Å². The third kappa shape index (κ3) is 6.66. The number of piperidine rings is 1. The molecular formula is C24H37N7O3SSi. The van der Waals surface area contributed by atoms with Gasteiger partial charge in [0.05, 0.1) is 17.6 Å². The van der Waals surface area contributed by atoms with Crippen molar-refractivity contribution in [1.29, 1.82) is 0 Å². The fraction of sp³-hybridized carbons (Fsp3) is 0.583. The van der Waals surface area contributed by atoms with Crippen LogP contribution in [0.25, 0.3) is 22.6 Å². The van der Waals surface area contributed by atoms with Crippen LogP contribution in [0, 0.1) is 0 Å². The second-order valence-electron chi connectivity index (χ2n) is 10.5. The number of ether oxygens (including phenoxy) is 1. The van der Waals surface area contributed by atoms with Crippen LogP contribution >= 0.6 is 0 Å². The third-order valence-electron chi connectivity index (χ3n) is 6.22. The van der Waals surface area contributed by atoms with Crippen LogP contribution < -0.4 is 5.32 Å². The van der Waals surface area contributed by atoms with Gasteiger partial charge in [0.25, 0.3) is 0 Å². The molecule has 12 heteroatoms. The van der Waals surface area contributed by atoms with E-state index in [4.69, 9.17) is 9.72 Å². The Morgan fingerprint density at radius 1 is 1.22 bits per heavy atom. The lowest BCUT2D eigenvalue weighted by Crippen LogP contribution is -2.46. The Morgan fingerprint density at radius 3 is 2.83 bits per heavy atom. The van der Waals surface area contributed by atoms with Gasteiger partial charge in [-0.25, -0.2) is 28.4 Å². The summed E-state index contributed by atoms with van der Waals surface area (Å²) in [6, 6.07) is 4.88. The van der Waals surface area contributed by atoms with E-state index in [0.29, 0.717) is 49.0 Å². The van der Waals surface area contributed by atoms with E-state index in [9.17, 15) is 8.42 Å². The van der Waals surface area contributed by atoms with Crippen LogP contribution in [0.4, 0.5) is 5.82 Å². The van der Waals surface area contributed by atoms with Gasteiger partial charge >= 0.3 is 0 Å². The first-order valence-electron chi connectivity index (χ1n) is 12.6. The molecule has 1 fully saturated rings. The highest BCUT2D eigenvalue weighted by atomic mass is 32.2. The number of pyridine rings is 1. The van der Waals surface area contributed by atoms with E-state index in [0.717, 1.165) is 31.1 Å². The molecule has 4 rings (SSSR count). The summed E-state index contributed by atoms with van der Waals surface area (Å²) in [5.41, 5.74) is 2.69. The van der Waals surface area contributed by atoms with Crippen molar-refractivity contribution in [2.75, 3.05) is 30.8 Å². The van der Waals surface area contributed by atoms with E-state index in [-0.39, 0.29) is 11.8 Å². The first-order valence-corrected chi connectivity index (χ1v) is 17.9. The standard InChI is InChI=1S/C24H37N7O3SSi/c1-5-13-35(32,33)31-11-7-8-19(16-31)28-22-20(9-6-10-25-22)21-15-26-24-23(29-21)27-17-30(24)18-34-12-14-36(2,3)4/h6,9-10,15,17,19H,5,7-8,11-14,16,18H2,1-4H3,(H,25,28)/t19-/m0/s1. The van der Waals surface area contributed by atoms with Crippen LogP contribution in [0.3, 0.4) is 0 Å². The van der Waals surface area contributed by atoms with Crippen molar-refractivity contribution in [2.24, 2.45) is 0 Å². The van der Waals surface area contributed by atoms with Gasteiger partial charge in [-0.15, -0.1) is 0 Å². The molecule has 36 heavy (non-hydrogen) atoms. The number of rotatable bonds is 11. The minimum Gasteiger partial charge on any atom is -0.365 e. The molecule has 1 N–H and O–H groups in total. The van der Waals surface area contributed by atoms with E-state index in [2.05, 4.69) is 39.9 Å². The van der Waals surface area contributed by atoms with Crippen molar-refractivity contribution in [3.8, 4) is 11.3 Å². The Bertz CT molecular complexity index is 1280. The Hall–Kier alpha value is -2.41. The van der Waals surface area contributed by atoms with Gasteiger partial charge in [-0.1, -0.05) is 26.6 Å². The van der Waals surface area contributed by atoms with Crippen molar-refractivity contribution in [3.05, 3.63) is 30.9 Å². The monoisotopic (exact) mass is 531 g/mol. The maximum absolute atomic E-state index is 12.6. The van der Waals surface area contributed by atoms with Crippen molar-refractivity contribution < 1.29 is 13.2 Å². The maximum atomic E-state index is 12.6. The van der Waals surface area contributed by atoms with E-state index in [1.54, 1.807) is 23.0 Å². The SMILES string of the molecule is CCCS(=O)(=O)N1CCC[C@H](Nc2ncccc2-c2cnc3c(ncn3COCC[Si](C)(C)C)n2)C1. The number of imidazole rings is 1. The summed E-state index contributed by atoms with van der Waals surface area (Å²) in [5, 5.41) is 3.46. The van der Waals surface area contributed by atoms with E-state index < -0.39 is 18.1 Å². The Labute approximate surface area is 214 Å². The lowest BCUT2D eigenvalue weighted by Gasteiger charge is -2.32.